The van der Waals surface area contributed by atoms with Gasteiger partial charge in [-0.2, -0.15) is 0 Å². The van der Waals surface area contributed by atoms with Gasteiger partial charge in [0.2, 0.25) is 0 Å². The van der Waals surface area contributed by atoms with Gasteiger partial charge in [-0.05, 0) is 36.4 Å². The molecule has 20 heavy (non-hydrogen) atoms. The van der Waals surface area contributed by atoms with E-state index < -0.39 is 0 Å². The molecule has 0 fully saturated rings. The second kappa shape index (κ2) is 5.93. The number of nitrogens with one attached hydrogen (secondary N) is 1. The summed E-state index contributed by atoms with van der Waals surface area (Å²) in [6.07, 6.45) is 0. The molecule has 2 aromatic heterocycles. The topological polar surface area (TPSA) is 50.7 Å². The Morgan fingerprint density at radius 3 is 2.45 bits per heavy atom. The van der Waals surface area contributed by atoms with Crippen LogP contribution in [0.3, 0.4) is 0 Å². The van der Waals surface area contributed by atoms with Gasteiger partial charge in [-0.1, -0.05) is 20.8 Å². The summed E-state index contributed by atoms with van der Waals surface area (Å²) in [5.41, 5.74) is 2.05. The number of hydrogen-bond acceptors (Lipinski definition) is 5. The van der Waals surface area contributed by atoms with Crippen molar-refractivity contribution in [1.82, 2.24) is 15.0 Å². The largest absolute Gasteiger partial charge is 0.369 e. The minimum Gasteiger partial charge on any atom is -0.369 e. The molecule has 0 spiro atoms. The first-order valence-electron chi connectivity index (χ1n) is 6.57. The molecule has 0 saturated carbocycles. The van der Waals surface area contributed by atoms with E-state index in [9.17, 15) is 0 Å². The SMILES string of the molecule is CCNc1nc(-c2nc(C)cs2)nc(C(C)(C)C)c1I. The fourth-order valence-corrected chi connectivity index (χ4v) is 3.75. The molecule has 0 unspecified atom stereocenters. The number of halogens is 1. The lowest BCUT2D eigenvalue weighted by molar-refractivity contribution is 0.564. The first-order chi connectivity index (χ1) is 9.32. The third-order valence-electron chi connectivity index (χ3n) is 2.72. The van der Waals surface area contributed by atoms with Crippen LogP contribution in [0.5, 0.6) is 0 Å². The Hall–Kier alpha value is -0.760. The third-order valence-corrected chi connectivity index (χ3v) is 4.69. The Balaban J connectivity index is 2.61. The molecular weight excluding hydrogens is 383 g/mol. The van der Waals surface area contributed by atoms with Crippen LogP contribution in [0.2, 0.25) is 0 Å². The molecule has 0 saturated heterocycles. The maximum atomic E-state index is 4.76. The third kappa shape index (κ3) is 3.28. The number of nitrogens with zero attached hydrogens (tertiary/aromatic N) is 3. The van der Waals surface area contributed by atoms with E-state index in [1.54, 1.807) is 11.3 Å². The molecule has 2 aromatic rings. The predicted molar refractivity (Wildman–Crippen MR) is 93.5 cm³/mol. The summed E-state index contributed by atoms with van der Waals surface area (Å²) in [7, 11) is 0. The summed E-state index contributed by atoms with van der Waals surface area (Å²) in [6.45, 7) is 11.4. The summed E-state index contributed by atoms with van der Waals surface area (Å²) >= 11 is 3.91. The molecule has 0 aliphatic rings. The van der Waals surface area contributed by atoms with Crippen LogP contribution in [0.15, 0.2) is 5.38 Å². The van der Waals surface area contributed by atoms with E-state index in [0.717, 1.165) is 32.3 Å². The Bertz CT molecular complexity index is 616. The van der Waals surface area contributed by atoms with Crippen molar-refractivity contribution in [3.8, 4) is 10.8 Å². The smallest absolute Gasteiger partial charge is 0.191 e. The quantitative estimate of drug-likeness (QED) is 0.781. The van der Waals surface area contributed by atoms with Crippen molar-refractivity contribution in [2.75, 3.05) is 11.9 Å². The van der Waals surface area contributed by atoms with E-state index in [1.165, 1.54) is 0 Å². The highest BCUT2D eigenvalue weighted by molar-refractivity contribution is 14.1. The molecule has 4 nitrogen and oxygen atoms in total. The van der Waals surface area contributed by atoms with Crippen LogP contribution in [0.4, 0.5) is 5.82 Å². The summed E-state index contributed by atoms with van der Waals surface area (Å²) < 4.78 is 1.09. The molecule has 6 heteroatoms. The molecular formula is C14H19IN4S. The van der Waals surface area contributed by atoms with Gasteiger partial charge in [0.15, 0.2) is 10.8 Å². The Labute approximate surface area is 137 Å². The Kier molecular flexibility index (Phi) is 4.63. The van der Waals surface area contributed by atoms with Crippen molar-refractivity contribution in [2.24, 2.45) is 0 Å². The lowest BCUT2D eigenvalue weighted by Gasteiger charge is -2.21. The maximum Gasteiger partial charge on any atom is 0.191 e. The normalized spacial score (nSPS) is 11.7. The van der Waals surface area contributed by atoms with E-state index in [4.69, 9.17) is 4.98 Å². The highest BCUT2D eigenvalue weighted by Crippen LogP contribution is 2.32. The molecule has 0 bridgehead atoms. The van der Waals surface area contributed by atoms with Gasteiger partial charge in [0, 0.05) is 23.0 Å². The number of aromatic nitrogens is 3. The van der Waals surface area contributed by atoms with Gasteiger partial charge in [-0.15, -0.1) is 11.3 Å². The van der Waals surface area contributed by atoms with Gasteiger partial charge >= 0.3 is 0 Å². The maximum absolute atomic E-state index is 4.76. The molecule has 1 N–H and O–H groups in total. The lowest BCUT2D eigenvalue weighted by atomic mass is 9.92. The number of rotatable bonds is 3. The Morgan fingerprint density at radius 2 is 1.95 bits per heavy atom. The van der Waals surface area contributed by atoms with Crippen molar-refractivity contribution < 1.29 is 0 Å². The van der Waals surface area contributed by atoms with Gasteiger partial charge in [-0.25, -0.2) is 15.0 Å². The molecule has 0 aromatic carbocycles. The number of hydrogen-bond donors (Lipinski definition) is 1. The van der Waals surface area contributed by atoms with Crippen LogP contribution in [0.25, 0.3) is 10.8 Å². The second-order valence-electron chi connectivity index (χ2n) is 5.63. The molecule has 2 heterocycles. The van der Waals surface area contributed by atoms with Crippen LogP contribution in [0.1, 0.15) is 39.1 Å². The number of thiazole rings is 1. The van der Waals surface area contributed by atoms with Gasteiger partial charge in [-0.3, -0.25) is 0 Å². The van der Waals surface area contributed by atoms with Crippen LogP contribution >= 0.6 is 33.9 Å². The van der Waals surface area contributed by atoms with Crippen molar-refractivity contribution in [2.45, 2.75) is 40.0 Å². The molecule has 108 valence electrons. The first-order valence-corrected chi connectivity index (χ1v) is 8.53. The van der Waals surface area contributed by atoms with E-state index in [1.807, 2.05) is 12.3 Å². The second-order valence-corrected chi connectivity index (χ2v) is 7.57. The Morgan fingerprint density at radius 1 is 1.25 bits per heavy atom. The van der Waals surface area contributed by atoms with E-state index >= 15 is 0 Å². The average molecular weight is 402 g/mol. The van der Waals surface area contributed by atoms with Crippen molar-refractivity contribution in [3.63, 3.8) is 0 Å². The van der Waals surface area contributed by atoms with E-state index in [2.05, 4.69) is 65.6 Å². The van der Waals surface area contributed by atoms with Crippen LogP contribution in [-0.4, -0.2) is 21.5 Å². The van der Waals surface area contributed by atoms with Crippen molar-refractivity contribution >= 4 is 39.7 Å². The molecule has 0 amide bonds. The molecule has 0 aliphatic carbocycles. The molecule has 0 atom stereocenters. The molecule has 0 radical (unpaired) electrons. The average Bonchev–Trinajstić information content (AvgIpc) is 2.77. The molecule has 0 aliphatic heterocycles. The standard InChI is InChI=1S/C14H19IN4S/c1-6-16-11-9(15)10(14(3,4)5)18-12(19-11)13-17-8(2)7-20-13/h7H,6H2,1-5H3,(H,16,18,19). The highest BCUT2D eigenvalue weighted by atomic mass is 127. The van der Waals surface area contributed by atoms with Crippen LogP contribution < -0.4 is 5.32 Å². The van der Waals surface area contributed by atoms with Crippen molar-refractivity contribution in [1.29, 1.82) is 0 Å². The van der Waals surface area contributed by atoms with E-state index in [-0.39, 0.29) is 5.41 Å². The van der Waals surface area contributed by atoms with Gasteiger partial charge in [0.25, 0.3) is 0 Å². The van der Waals surface area contributed by atoms with Crippen LogP contribution in [0, 0.1) is 10.5 Å². The summed E-state index contributed by atoms with van der Waals surface area (Å²) in [5.74, 6) is 1.61. The van der Waals surface area contributed by atoms with Gasteiger partial charge < -0.3 is 5.32 Å². The molecule has 2 rings (SSSR count). The zero-order chi connectivity index (χ0) is 14.9. The van der Waals surface area contributed by atoms with Crippen molar-refractivity contribution in [3.05, 3.63) is 20.3 Å². The summed E-state index contributed by atoms with van der Waals surface area (Å²) in [6, 6.07) is 0. The highest BCUT2D eigenvalue weighted by Gasteiger charge is 2.24. The fraction of sp³-hybridized carbons (Fsp3) is 0.500. The minimum absolute atomic E-state index is 0.0231. The fourth-order valence-electron chi connectivity index (χ4n) is 1.78. The monoisotopic (exact) mass is 402 g/mol. The minimum atomic E-state index is -0.0231. The van der Waals surface area contributed by atoms with Gasteiger partial charge in [0.1, 0.15) is 5.82 Å². The zero-order valence-electron chi connectivity index (χ0n) is 12.4. The number of aryl methyl sites for hydroxylation is 1. The van der Waals surface area contributed by atoms with Gasteiger partial charge in [0.05, 0.1) is 9.26 Å². The summed E-state index contributed by atoms with van der Waals surface area (Å²) in [4.78, 5) is 13.9. The lowest BCUT2D eigenvalue weighted by Crippen LogP contribution is -2.19. The number of anilines is 1. The van der Waals surface area contributed by atoms with E-state index in [0.29, 0.717) is 5.82 Å². The predicted octanol–water partition coefficient (Wildman–Crippen LogP) is 4.24. The summed E-state index contributed by atoms with van der Waals surface area (Å²) in [5, 5.41) is 6.23. The first kappa shape index (κ1) is 15.6. The zero-order valence-corrected chi connectivity index (χ0v) is 15.4. The van der Waals surface area contributed by atoms with Crippen LogP contribution in [-0.2, 0) is 5.41 Å².